The summed E-state index contributed by atoms with van der Waals surface area (Å²) >= 11 is 0. The van der Waals surface area contributed by atoms with Crippen LogP contribution in [-0.2, 0) is 6.18 Å². The first kappa shape index (κ1) is 9.98. The van der Waals surface area contributed by atoms with E-state index in [-0.39, 0.29) is 5.56 Å². The van der Waals surface area contributed by atoms with Crippen LogP contribution in [0.25, 0.3) is 0 Å². The lowest BCUT2D eigenvalue weighted by atomic mass is 10.1. The lowest BCUT2D eigenvalue weighted by Crippen LogP contribution is -2.16. The molecule has 1 atom stereocenters. The Labute approximate surface area is 73.6 Å². The average Bonchev–Trinajstić information content (AvgIpc) is 2.03. The summed E-state index contributed by atoms with van der Waals surface area (Å²) < 4.78 is 36.9. The molecule has 1 aromatic rings. The molecule has 1 aromatic heterocycles. The van der Waals surface area contributed by atoms with Gasteiger partial charge in [-0.2, -0.15) is 13.2 Å². The first-order valence-electron chi connectivity index (χ1n) is 3.70. The second-order valence-corrected chi connectivity index (χ2v) is 2.73. The number of alkyl halides is 3. The van der Waals surface area contributed by atoms with E-state index in [0.29, 0.717) is 0 Å². The van der Waals surface area contributed by atoms with Crippen molar-refractivity contribution in [3.05, 3.63) is 29.6 Å². The van der Waals surface area contributed by atoms with E-state index in [1.165, 1.54) is 19.1 Å². The van der Waals surface area contributed by atoms with Crippen LogP contribution in [0.4, 0.5) is 13.2 Å². The van der Waals surface area contributed by atoms with E-state index in [2.05, 4.69) is 4.98 Å². The van der Waals surface area contributed by atoms with Gasteiger partial charge in [-0.05, 0) is 18.6 Å². The third-order valence-electron chi connectivity index (χ3n) is 1.60. The fourth-order valence-electron chi connectivity index (χ4n) is 1.02. The predicted molar refractivity (Wildman–Crippen MR) is 41.8 cm³/mol. The van der Waals surface area contributed by atoms with Crippen LogP contribution in [0.3, 0.4) is 0 Å². The van der Waals surface area contributed by atoms with Gasteiger partial charge in [0.05, 0.1) is 0 Å². The molecule has 2 nitrogen and oxygen atoms in total. The van der Waals surface area contributed by atoms with Crippen molar-refractivity contribution in [2.24, 2.45) is 5.73 Å². The number of halogens is 3. The molecule has 0 bridgehead atoms. The van der Waals surface area contributed by atoms with E-state index in [9.17, 15) is 13.2 Å². The van der Waals surface area contributed by atoms with Crippen molar-refractivity contribution in [3.63, 3.8) is 0 Å². The molecule has 72 valence electrons. The fourth-order valence-corrected chi connectivity index (χ4v) is 1.02. The van der Waals surface area contributed by atoms with Gasteiger partial charge >= 0.3 is 6.18 Å². The Bertz CT molecular complexity index is 294. The Morgan fingerprint density at radius 3 is 2.46 bits per heavy atom. The van der Waals surface area contributed by atoms with Gasteiger partial charge in [-0.1, -0.05) is 6.07 Å². The summed E-state index contributed by atoms with van der Waals surface area (Å²) in [6.07, 6.45) is -3.32. The van der Waals surface area contributed by atoms with Crippen molar-refractivity contribution in [1.29, 1.82) is 0 Å². The zero-order valence-electron chi connectivity index (χ0n) is 6.97. The van der Waals surface area contributed by atoms with Gasteiger partial charge in [0.15, 0.2) is 0 Å². The first-order chi connectivity index (χ1) is 5.93. The highest BCUT2D eigenvalue weighted by Crippen LogP contribution is 2.31. The standard InChI is InChI=1S/C8H9F3N2/c1-5(12)6-3-2-4-13-7(6)8(9,10)11/h2-5H,12H2,1H3/t5-/m0/s1. The Morgan fingerprint density at radius 1 is 1.46 bits per heavy atom. The molecule has 13 heavy (non-hydrogen) atoms. The maximum atomic E-state index is 12.3. The normalized spacial score (nSPS) is 14.2. The van der Waals surface area contributed by atoms with E-state index in [1.54, 1.807) is 0 Å². The molecule has 5 heteroatoms. The molecule has 0 saturated carbocycles. The molecule has 1 heterocycles. The quantitative estimate of drug-likeness (QED) is 0.736. The van der Waals surface area contributed by atoms with Crippen molar-refractivity contribution in [2.75, 3.05) is 0 Å². The van der Waals surface area contributed by atoms with Gasteiger partial charge in [0.25, 0.3) is 0 Å². The summed E-state index contributed by atoms with van der Waals surface area (Å²) in [5, 5.41) is 0. The molecular weight excluding hydrogens is 181 g/mol. The second kappa shape index (κ2) is 3.33. The molecule has 0 aromatic carbocycles. The van der Waals surface area contributed by atoms with Crippen molar-refractivity contribution < 1.29 is 13.2 Å². The third kappa shape index (κ3) is 2.18. The van der Waals surface area contributed by atoms with Gasteiger partial charge in [-0.3, -0.25) is 4.98 Å². The smallest absolute Gasteiger partial charge is 0.324 e. The van der Waals surface area contributed by atoms with Gasteiger partial charge < -0.3 is 5.73 Å². The molecule has 0 aliphatic rings. The van der Waals surface area contributed by atoms with Crippen LogP contribution < -0.4 is 5.73 Å². The average molecular weight is 190 g/mol. The van der Waals surface area contributed by atoms with Crippen LogP contribution >= 0.6 is 0 Å². The number of nitrogens with two attached hydrogens (primary N) is 1. The number of rotatable bonds is 1. The lowest BCUT2D eigenvalue weighted by molar-refractivity contribution is -0.142. The SMILES string of the molecule is C[C@H](N)c1cccnc1C(F)(F)F. The van der Waals surface area contributed by atoms with E-state index in [1.807, 2.05) is 0 Å². The van der Waals surface area contributed by atoms with Crippen molar-refractivity contribution >= 4 is 0 Å². The Morgan fingerprint density at radius 2 is 2.08 bits per heavy atom. The molecule has 0 saturated heterocycles. The molecular formula is C8H9F3N2. The zero-order chi connectivity index (χ0) is 10.1. The fraction of sp³-hybridized carbons (Fsp3) is 0.375. The van der Waals surface area contributed by atoms with Crippen LogP contribution in [0.1, 0.15) is 24.2 Å². The van der Waals surface area contributed by atoms with Gasteiger partial charge in [-0.25, -0.2) is 0 Å². The largest absolute Gasteiger partial charge is 0.433 e. The molecule has 0 spiro atoms. The highest BCUT2D eigenvalue weighted by atomic mass is 19.4. The Kier molecular flexibility index (Phi) is 2.56. The van der Waals surface area contributed by atoms with Crippen LogP contribution in [0.5, 0.6) is 0 Å². The Hall–Kier alpha value is -1.10. The third-order valence-corrected chi connectivity index (χ3v) is 1.60. The number of pyridine rings is 1. The highest BCUT2D eigenvalue weighted by Gasteiger charge is 2.35. The van der Waals surface area contributed by atoms with Crippen LogP contribution in [0.2, 0.25) is 0 Å². The molecule has 0 unspecified atom stereocenters. The van der Waals surface area contributed by atoms with E-state index >= 15 is 0 Å². The highest BCUT2D eigenvalue weighted by molar-refractivity contribution is 5.24. The number of nitrogens with zero attached hydrogens (tertiary/aromatic N) is 1. The molecule has 0 amide bonds. The number of aromatic nitrogens is 1. The van der Waals surface area contributed by atoms with Crippen LogP contribution in [0.15, 0.2) is 18.3 Å². The Balaban J connectivity index is 3.20. The minimum Gasteiger partial charge on any atom is -0.324 e. The van der Waals surface area contributed by atoms with Gasteiger partial charge in [0, 0.05) is 12.2 Å². The van der Waals surface area contributed by atoms with Crippen LogP contribution in [0, 0.1) is 0 Å². The van der Waals surface area contributed by atoms with Gasteiger partial charge in [0.1, 0.15) is 5.69 Å². The van der Waals surface area contributed by atoms with E-state index in [0.717, 1.165) is 6.20 Å². The molecule has 0 aliphatic carbocycles. The molecule has 0 aliphatic heterocycles. The molecule has 0 radical (unpaired) electrons. The van der Waals surface area contributed by atoms with Crippen LogP contribution in [-0.4, -0.2) is 4.98 Å². The summed E-state index contributed by atoms with van der Waals surface area (Å²) in [4.78, 5) is 3.27. The maximum absolute atomic E-state index is 12.3. The maximum Gasteiger partial charge on any atom is 0.433 e. The first-order valence-corrected chi connectivity index (χ1v) is 3.70. The lowest BCUT2D eigenvalue weighted by Gasteiger charge is -2.13. The predicted octanol–water partition coefficient (Wildman–Crippen LogP) is 2.12. The topological polar surface area (TPSA) is 38.9 Å². The number of hydrogen-bond acceptors (Lipinski definition) is 2. The van der Waals surface area contributed by atoms with Crippen molar-refractivity contribution in [2.45, 2.75) is 19.1 Å². The van der Waals surface area contributed by atoms with Crippen molar-refractivity contribution in [3.8, 4) is 0 Å². The molecule has 1 rings (SSSR count). The summed E-state index contributed by atoms with van der Waals surface area (Å²) in [7, 11) is 0. The van der Waals surface area contributed by atoms with Gasteiger partial charge in [-0.15, -0.1) is 0 Å². The van der Waals surface area contributed by atoms with Gasteiger partial charge in [0.2, 0.25) is 0 Å². The summed E-state index contributed by atoms with van der Waals surface area (Å²) in [6, 6.07) is 2.11. The molecule has 2 N–H and O–H groups in total. The minimum absolute atomic E-state index is 0.0231. The monoisotopic (exact) mass is 190 g/mol. The number of hydrogen-bond donors (Lipinski definition) is 1. The van der Waals surface area contributed by atoms with Crippen molar-refractivity contribution in [1.82, 2.24) is 4.98 Å². The summed E-state index contributed by atoms with van der Waals surface area (Å²) in [6.45, 7) is 1.49. The summed E-state index contributed by atoms with van der Waals surface area (Å²) in [5.41, 5.74) is 4.50. The summed E-state index contributed by atoms with van der Waals surface area (Å²) in [5.74, 6) is 0. The second-order valence-electron chi connectivity index (χ2n) is 2.73. The molecule has 0 fully saturated rings. The minimum atomic E-state index is -4.43. The zero-order valence-corrected chi connectivity index (χ0v) is 6.97. The van der Waals surface area contributed by atoms with E-state index < -0.39 is 17.9 Å². The van der Waals surface area contributed by atoms with E-state index in [4.69, 9.17) is 5.73 Å².